The van der Waals surface area contributed by atoms with Crippen LogP contribution in [0.3, 0.4) is 0 Å². The molecule has 1 aliphatic rings. The van der Waals surface area contributed by atoms with E-state index in [0.717, 1.165) is 13.0 Å². The highest BCUT2D eigenvalue weighted by atomic mass is 16.5. The van der Waals surface area contributed by atoms with Gasteiger partial charge in [0, 0.05) is 26.1 Å². The van der Waals surface area contributed by atoms with E-state index in [1.54, 1.807) is 12.0 Å². The van der Waals surface area contributed by atoms with E-state index in [-0.39, 0.29) is 24.9 Å². The molecule has 6 heteroatoms. The van der Waals surface area contributed by atoms with Crippen LogP contribution in [0, 0.1) is 5.92 Å². The number of nitrogens with two attached hydrogens (primary N) is 1. The van der Waals surface area contributed by atoms with Crippen molar-refractivity contribution in [1.29, 1.82) is 0 Å². The first-order valence-electron chi connectivity index (χ1n) is 5.40. The molecule has 0 aromatic heterocycles. The summed E-state index contributed by atoms with van der Waals surface area (Å²) in [6.07, 6.45) is 0.963. The van der Waals surface area contributed by atoms with Crippen molar-refractivity contribution in [3.05, 3.63) is 0 Å². The summed E-state index contributed by atoms with van der Waals surface area (Å²) < 4.78 is 5.05. The van der Waals surface area contributed by atoms with Gasteiger partial charge in [0.15, 0.2) is 0 Å². The van der Waals surface area contributed by atoms with Gasteiger partial charge in [-0.2, -0.15) is 0 Å². The van der Waals surface area contributed by atoms with Gasteiger partial charge in [0.1, 0.15) is 0 Å². The van der Waals surface area contributed by atoms with E-state index in [1.165, 1.54) is 0 Å². The van der Waals surface area contributed by atoms with Gasteiger partial charge in [-0.15, -0.1) is 0 Å². The quantitative estimate of drug-likeness (QED) is 0.604. The number of nitrogens with zero attached hydrogens (tertiary/aromatic N) is 1. The summed E-state index contributed by atoms with van der Waals surface area (Å²) in [4.78, 5) is 24.3. The Balaban J connectivity index is 2.25. The van der Waals surface area contributed by atoms with Crippen LogP contribution in [0.2, 0.25) is 0 Å². The molecule has 1 atom stereocenters. The SMILES string of the molecule is COCC1CCN(C(=O)CNC(=O)CN)C1. The highest BCUT2D eigenvalue weighted by molar-refractivity contribution is 5.85. The van der Waals surface area contributed by atoms with E-state index in [2.05, 4.69) is 5.32 Å². The normalized spacial score (nSPS) is 19.9. The van der Waals surface area contributed by atoms with Gasteiger partial charge in [0.2, 0.25) is 11.8 Å². The Kier molecular flexibility index (Phi) is 5.21. The van der Waals surface area contributed by atoms with Crippen LogP contribution in [0.25, 0.3) is 0 Å². The fourth-order valence-corrected chi connectivity index (χ4v) is 1.79. The summed E-state index contributed by atoms with van der Waals surface area (Å²) in [5.74, 6) is 0.0561. The fourth-order valence-electron chi connectivity index (χ4n) is 1.79. The number of rotatable bonds is 5. The first kappa shape index (κ1) is 12.9. The molecular weight excluding hydrogens is 210 g/mol. The van der Waals surface area contributed by atoms with Crippen LogP contribution in [0.15, 0.2) is 0 Å². The number of nitrogens with one attached hydrogen (secondary N) is 1. The molecule has 3 N–H and O–H groups in total. The topological polar surface area (TPSA) is 84.7 Å². The standard InChI is InChI=1S/C10H19N3O3/c1-16-7-8-2-3-13(6-8)10(15)5-12-9(14)4-11/h8H,2-7,11H2,1H3,(H,12,14). The summed E-state index contributed by atoms with van der Waals surface area (Å²) in [5.41, 5.74) is 5.12. The van der Waals surface area contributed by atoms with Gasteiger partial charge < -0.3 is 20.7 Å². The molecule has 1 fully saturated rings. The van der Waals surface area contributed by atoms with Crippen molar-refractivity contribution in [2.24, 2.45) is 11.7 Å². The maximum atomic E-state index is 11.6. The van der Waals surface area contributed by atoms with Crippen molar-refractivity contribution in [3.8, 4) is 0 Å². The third-order valence-electron chi connectivity index (χ3n) is 2.66. The molecule has 0 bridgehead atoms. The van der Waals surface area contributed by atoms with E-state index in [1.807, 2.05) is 0 Å². The number of hydrogen-bond acceptors (Lipinski definition) is 4. The third-order valence-corrected chi connectivity index (χ3v) is 2.66. The van der Waals surface area contributed by atoms with Crippen molar-refractivity contribution in [2.75, 3.05) is 39.9 Å². The average Bonchev–Trinajstić information content (AvgIpc) is 2.74. The summed E-state index contributed by atoms with van der Waals surface area (Å²) in [5, 5.41) is 2.47. The number of ether oxygens (including phenoxy) is 1. The second-order valence-electron chi connectivity index (χ2n) is 3.93. The lowest BCUT2D eigenvalue weighted by Gasteiger charge is -2.16. The monoisotopic (exact) mass is 229 g/mol. The summed E-state index contributed by atoms with van der Waals surface area (Å²) in [7, 11) is 1.66. The summed E-state index contributed by atoms with van der Waals surface area (Å²) in [6, 6.07) is 0. The van der Waals surface area contributed by atoms with Crippen LogP contribution in [0.4, 0.5) is 0 Å². The van der Waals surface area contributed by atoms with Gasteiger partial charge in [-0.25, -0.2) is 0 Å². The van der Waals surface area contributed by atoms with Gasteiger partial charge in [-0.1, -0.05) is 0 Å². The molecule has 1 aliphatic heterocycles. The zero-order valence-corrected chi connectivity index (χ0v) is 9.57. The fraction of sp³-hybridized carbons (Fsp3) is 0.800. The largest absolute Gasteiger partial charge is 0.384 e. The Bertz CT molecular complexity index is 258. The summed E-state index contributed by atoms with van der Waals surface area (Å²) >= 11 is 0. The molecule has 1 saturated heterocycles. The molecule has 0 aromatic rings. The van der Waals surface area contributed by atoms with Crippen LogP contribution in [0.5, 0.6) is 0 Å². The Morgan fingerprint density at radius 3 is 2.94 bits per heavy atom. The lowest BCUT2D eigenvalue weighted by atomic mass is 10.1. The number of carbonyl (C=O) groups excluding carboxylic acids is 2. The first-order chi connectivity index (χ1) is 7.67. The van der Waals surface area contributed by atoms with E-state index in [0.29, 0.717) is 19.1 Å². The molecule has 1 rings (SSSR count). The lowest BCUT2D eigenvalue weighted by molar-refractivity contribution is -0.131. The van der Waals surface area contributed by atoms with E-state index >= 15 is 0 Å². The van der Waals surface area contributed by atoms with Crippen molar-refractivity contribution in [2.45, 2.75) is 6.42 Å². The van der Waals surface area contributed by atoms with E-state index in [9.17, 15) is 9.59 Å². The van der Waals surface area contributed by atoms with E-state index in [4.69, 9.17) is 10.5 Å². The molecule has 16 heavy (non-hydrogen) atoms. The minimum absolute atomic E-state index is 0.0374. The smallest absolute Gasteiger partial charge is 0.241 e. The van der Waals surface area contributed by atoms with E-state index < -0.39 is 0 Å². The Hall–Kier alpha value is -1.14. The van der Waals surface area contributed by atoms with Crippen molar-refractivity contribution in [3.63, 3.8) is 0 Å². The average molecular weight is 229 g/mol. The Labute approximate surface area is 95.1 Å². The van der Waals surface area contributed by atoms with Gasteiger partial charge in [0.05, 0.1) is 19.7 Å². The molecule has 0 saturated carbocycles. The highest BCUT2D eigenvalue weighted by Crippen LogP contribution is 2.15. The molecule has 92 valence electrons. The minimum atomic E-state index is -0.305. The predicted octanol–water partition coefficient (Wildman–Crippen LogP) is -1.44. The van der Waals surface area contributed by atoms with Crippen LogP contribution in [-0.2, 0) is 14.3 Å². The maximum Gasteiger partial charge on any atom is 0.241 e. The van der Waals surface area contributed by atoms with Crippen molar-refractivity contribution < 1.29 is 14.3 Å². The molecule has 0 aromatic carbocycles. The van der Waals surface area contributed by atoms with Gasteiger partial charge in [-0.05, 0) is 6.42 Å². The molecule has 1 unspecified atom stereocenters. The highest BCUT2D eigenvalue weighted by Gasteiger charge is 2.25. The molecule has 6 nitrogen and oxygen atoms in total. The van der Waals surface area contributed by atoms with Crippen LogP contribution in [0.1, 0.15) is 6.42 Å². The zero-order valence-electron chi connectivity index (χ0n) is 9.57. The minimum Gasteiger partial charge on any atom is -0.384 e. The predicted molar refractivity (Wildman–Crippen MR) is 58.6 cm³/mol. The molecule has 2 amide bonds. The third kappa shape index (κ3) is 3.79. The maximum absolute atomic E-state index is 11.6. The number of hydrogen-bond donors (Lipinski definition) is 2. The summed E-state index contributed by atoms with van der Waals surface area (Å²) in [6.45, 7) is 2.09. The van der Waals surface area contributed by atoms with Gasteiger partial charge >= 0.3 is 0 Å². The number of amides is 2. The lowest BCUT2D eigenvalue weighted by Crippen LogP contribution is -2.41. The number of likely N-dealkylation sites (tertiary alicyclic amines) is 1. The van der Waals surface area contributed by atoms with Crippen molar-refractivity contribution >= 4 is 11.8 Å². The zero-order chi connectivity index (χ0) is 12.0. The molecule has 0 spiro atoms. The Morgan fingerprint density at radius 2 is 2.31 bits per heavy atom. The van der Waals surface area contributed by atoms with Crippen LogP contribution in [-0.4, -0.2) is 56.6 Å². The van der Waals surface area contributed by atoms with Crippen LogP contribution < -0.4 is 11.1 Å². The Morgan fingerprint density at radius 1 is 1.56 bits per heavy atom. The molecule has 1 heterocycles. The second-order valence-corrected chi connectivity index (χ2v) is 3.93. The first-order valence-corrected chi connectivity index (χ1v) is 5.40. The van der Waals surface area contributed by atoms with Crippen LogP contribution >= 0.6 is 0 Å². The van der Waals surface area contributed by atoms with Crippen molar-refractivity contribution in [1.82, 2.24) is 10.2 Å². The molecule has 0 aliphatic carbocycles. The van der Waals surface area contributed by atoms with Gasteiger partial charge in [0.25, 0.3) is 0 Å². The second kappa shape index (κ2) is 6.44. The van der Waals surface area contributed by atoms with Gasteiger partial charge in [-0.3, -0.25) is 9.59 Å². The number of carbonyl (C=O) groups is 2. The number of methoxy groups -OCH3 is 1. The molecule has 0 radical (unpaired) electrons. The molecular formula is C10H19N3O3.